The quantitative estimate of drug-likeness (QED) is 0.408. The number of amides is 2. The number of para-hydroxylation sites is 1. The summed E-state index contributed by atoms with van der Waals surface area (Å²) >= 11 is 1.68. The Balaban J connectivity index is 1.61. The standard InChI is InChI=1S/C22H17N3O2S/c1-2-21(26)24-17-7-4-3-6-16(17)22(27)25-19-13-23-18-12-14(9-10-15(18)19)20-8-5-11-28-20/h2-13,23H,1H2,(H,24,26)(H,25,27). The zero-order valence-corrected chi connectivity index (χ0v) is 15.7. The fraction of sp³-hybridized carbons (Fsp3) is 0. The molecule has 2 aromatic heterocycles. The predicted molar refractivity (Wildman–Crippen MR) is 115 cm³/mol. The molecular formula is C22H17N3O2S. The Morgan fingerprint density at radius 2 is 1.86 bits per heavy atom. The SMILES string of the molecule is C=CC(=O)Nc1ccccc1C(=O)Nc1c[nH]c2cc(-c3cccs3)ccc12. The lowest BCUT2D eigenvalue weighted by Gasteiger charge is -2.10. The topological polar surface area (TPSA) is 74.0 Å². The molecule has 0 bridgehead atoms. The van der Waals surface area contributed by atoms with Gasteiger partial charge in [0, 0.05) is 22.0 Å². The fourth-order valence-corrected chi connectivity index (χ4v) is 3.71. The summed E-state index contributed by atoms with van der Waals surface area (Å²) < 4.78 is 0. The van der Waals surface area contributed by atoms with Gasteiger partial charge in [0.1, 0.15) is 0 Å². The lowest BCUT2D eigenvalue weighted by Crippen LogP contribution is -2.16. The number of benzene rings is 2. The van der Waals surface area contributed by atoms with Gasteiger partial charge >= 0.3 is 0 Å². The third kappa shape index (κ3) is 3.45. The molecule has 28 heavy (non-hydrogen) atoms. The highest BCUT2D eigenvalue weighted by Crippen LogP contribution is 2.31. The Kier molecular flexibility index (Phi) is 4.78. The molecule has 0 atom stereocenters. The van der Waals surface area contributed by atoms with E-state index in [1.165, 1.54) is 11.0 Å². The Hall–Kier alpha value is -3.64. The molecule has 2 amide bonds. The molecule has 0 unspecified atom stereocenters. The van der Waals surface area contributed by atoms with E-state index in [9.17, 15) is 9.59 Å². The molecule has 0 aliphatic heterocycles. The van der Waals surface area contributed by atoms with Gasteiger partial charge in [-0.2, -0.15) is 0 Å². The highest BCUT2D eigenvalue weighted by atomic mass is 32.1. The molecule has 0 fully saturated rings. The summed E-state index contributed by atoms with van der Waals surface area (Å²) in [7, 11) is 0. The van der Waals surface area contributed by atoms with E-state index in [-0.39, 0.29) is 11.8 Å². The monoisotopic (exact) mass is 387 g/mol. The van der Waals surface area contributed by atoms with Gasteiger partial charge in [-0.15, -0.1) is 11.3 Å². The van der Waals surface area contributed by atoms with E-state index in [1.807, 2.05) is 23.6 Å². The molecule has 0 saturated heterocycles. The first kappa shape index (κ1) is 17.8. The number of hydrogen-bond donors (Lipinski definition) is 3. The molecule has 0 saturated carbocycles. The van der Waals surface area contributed by atoms with Crippen LogP contribution in [0.5, 0.6) is 0 Å². The summed E-state index contributed by atoms with van der Waals surface area (Å²) in [6, 6.07) is 17.0. The van der Waals surface area contributed by atoms with Crippen molar-refractivity contribution < 1.29 is 9.59 Å². The van der Waals surface area contributed by atoms with Crippen LogP contribution in [0.25, 0.3) is 21.3 Å². The van der Waals surface area contributed by atoms with Crippen LogP contribution in [0, 0.1) is 0 Å². The molecule has 0 spiro atoms. The molecule has 0 aliphatic carbocycles. The molecule has 2 heterocycles. The van der Waals surface area contributed by atoms with Gasteiger partial charge in [-0.3, -0.25) is 9.59 Å². The molecule has 0 radical (unpaired) electrons. The van der Waals surface area contributed by atoms with Crippen molar-refractivity contribution in [3.8, 4) is 10.4 Å². The summed E-state index contributed by atoms with van der Waals surface area (Å²) in [6.45, 7) is 3.44. The van der Waals surface area contributed by atoms with Crippen LogP contribution in [0.15, 0.2) is 78.8 Å². The van der Waals surface area contributed by atoms with Gasteiger partial charge in [-0.1, -0.05) is 36.9 Å². The number of carbonyl (C=O) groups is 2. The summed E-state index contributed by atoms with van der Waals surface area (Å²) in [5.74, 6) is -0.670. The van der Waals surface area contributed by atoms with Crippen molar-refractivity contribution in [2.75, 3.05) is 10.6 Å². The minimum atomic E-state index is -0.367. The first-order valence-corrected chi connectivity index (χ1v) is 9.52. The van der Waals surface area contributed by atoms with Crippen LogP contribution in [0.2, 0.25) is 0 Å². The summed E-state index contributed by atoms with van der Waals surface area (Å²) in [5, 5.41) is 8.54. The maximum Gasteiger partial charge on any atom is 0.257 e. The number of aromatic amines is 1. The van der Waals surface area contributed by atoms with Crippen molar-refractivity contribution in [3.63, 3.8) is 0 Å². The number of anilines is 2. The number of thiophene rings is 1. The minimum absolute atomic E-state index is 0.303. The first-order chi connectivity index (χ1) is 13.7. The van der Waals surface area contributed by atoms with Crippen molar-refractivity contribution in [3.05, 3.63) is 84.4 Å². The van der Waals surface area contributed by atoms with Gasteiger partial charge in [0.25, 0.3) is 5.91 Å². The van der Waals surface area contributed by atoms with Crippen LogP contribution < -0.4 is 10.6 Å². The second-order valence-electron chi connectivity index (χ2n) is 6.13. The normalized spacial score (nSPS) is 10.6. The molecule has 138 valence electrons. The van der Waals surface area contributed by atoms with E-state index in [4.69, 9.17) is 0 Å². The van der Waals surface area contributed by atoms with Gasteiger partial charge in [0.15, 0.2) is 0 Å². The molecule has 2 aromatic carbocycles. The van der Waals surface area contributed by atoms with E-state index >= 15 is 0 Å². The molecular weight excluding hydrogens is 370 g/mol. The summed E-state index contributed by atoms with van der Waals surface area (Å²) in [5.41, 5.74) is 3.56. The number of nitrogens with one attached hydrogen (secondary N) is 3. The Morgan fingerprint density at radius 1 is 1.00 bits per heavy atom. The van der Waals surface area contributed by atoms with E-state index in [2.05, 4.69) is 34.3 Å². The number of hydrogen-bond acceptors (Lipinski definition) is 3. The summed E-state index contributed by atoms with van der Waals surface area (Å²) in [6.07, 6.45) is 2.94. The average molecular weight is 387 g/mol. The maximum absolute atomic E-state index is 12.8. The zero-order valence-electron chi connectivity index (χ0n) is 14.9. The number of aromatic nitrogens is 1. The number of fused-ring (bicyclic) bond motifs is 1. The smallest absolute Gasteiger partial charge is 0.257 e. The van der Waals surface area contributed by atoms with Gasteiger partial charge in [-0.25, -0.2) is 0 Å². The molecule has 5 nitrogen and oxygen atoms in total. The van der Waals surface area contributed by atoms with Crippen molar-refractivity contribution >= 4 is 45.4 Å². The van der Waals surface area contributed by atoms with E-state index in [1.54, 1.807) is 41.8 Å². The van der Waals surface area contributed by atoms with Crippen LogP contribution in [-0.4, -0.2) is 16.8 Å². The largest absolute Gasteiger partial charge is 0.359 e. The van der Waals surface area contributed by atoms with Crippen molar-refractivity contribution in [2.24, 2.45) is 0 Å². The predicted octanol–water partition coefficient (Wildman–Crippen LogP) is 5.27. The molecule has 6 heteroatoms. The van der Waals surface area contributed by atoms with Gasteiger partial charge in [0.2, 0.25) is 5.91 Å². The molecule has 4 aromatic rings. The van der Waals surface area contributed by atoms with Gasteiger partial charge in [-0.05, 0) is 41.3 Å². The third-order valence-corrected chi connectivity index (χ3v) is 5.27. The average Bonchev–Trinajstić information content (AvgIpc) is 3.38. The van der Waals surface area contributed by atoms with Crippen molar-refractivity contribution in [1.29, 1.82) is 0 Å². The van der Waals surface area contributed by atoms with Crippen LogP contribution in [0.3, 0.4) is 0 Å². The number of carbonyl (C=O) groups excluding carboxylic acids is 2. The second kappa shape index (κ2) is 7.54. The molecule has 4 rings (SSSR count). The lowest BCUT2D eigenvalue weighted by molar-refractivity contribution is -0.111. The second-order valence-corrected chi connectivity index (χ2v) is 7.08. The van der Waals surface area contributed by atoms with Crippen LogP contribution in [0.4, 0.5) is 11.4 Å². The molecule has 3 N–H and O–H groups in total. The van der Waals surface area contributed by atoms with Gasteiger partial charge < -0.3 is 15.6 Å². The van der Waals surface area contributed by atoms with E-state index in [0.717, 1.165) is 16.5 Å². The number of H-pyrrole nitrogens is 1. The Labute approximate surface area is 165 Å². The zero-order chi connectivity index (χ0) is 19.5. The lowest BCUT2D eigenvalue weighted by atomic mass is 10.1. The first-order valence-electron chi connectivity index (χ1n) is 8.64. The Morgan fingerprint density at radius 3 is 2.64 bits per heavy atom. The third-order valence-electron chi connectivity index (χ3n) is 4.35. The minimum Gasteiger partial charge on any atom is -0.359 e. The van der Waals surface area contributed by atoms with Crippen molar-refractivity contribution in [1.82, 2.24) is 4.98 Å². The highest BCUT2D eigenvalue weighted by molar-refractivity contribution is 7.13. The van der Waals surface area contributed by atoms with Crippen LogP contribution in [0.1, 0.15) is 10.4 Å². The van der Waals surface area contributed by atoms with E-state index in [0.29, 0.717) is 16.9 Å². The van der Waals surface area contributed by atoms with Crippen molar-refractivity contribution in [2.45, 2.75) is 0 Å². The highest BCUT2D eigenvalue weighted by Gasteiger charge is 2.14. The van der Waals surface area contributed by atoms with E-state index < -0.39 is 0 Å². The maximum atomic E-state index is 12.8. The Bertz CT molecular complexity index is 1180. The molecule has 0 aliphatic rings. The van der Waals surface area contributed by atoms with Crippen LogP contribution >= 0.6 is 11.3 Å². The fourth-order valence-electron chi connectivity index (χ4n) is 2.99. The van der Waals surface area contributed by atoms with Crippen LogP contribution in [-0.2, 0) is 4.79 Å². The number of rotatable bonds is 5. The van der Waals surface area contributed by atoms with Gasteiger partial charge in [0.05, 0.1) is 16.9 Å². The summed E-state index contributed by atoms with van der Waals surface area (Å²) in [4.78, 5) is 28.8.